The minimum atomic E-state index is -1.13. The van der Waals surface area contributed by atoms with Crippen LogP contribution in [0.2, 0.25) is 0 Å². The van der Waals surface area contributed by atoms with E-state index in [4.69, 9.17) is 5.11 Å². The van der Waals surface area contributed by atoms with Crippen LogP contribution < -0.4 is 0 Å². The zero-order chi connectivity index (χ0) is 13.0. The first kappa shape index (κ1) is 13.6. The molecule has 1 aromatic rings. The van der Waals surface area contributed by atoms with Crippen molar-refractivity contribution in [2.24, 2.45) is 0 Å². The van der Waals surface area contributed by atoms with Crippen LogP contribution in [0.3, 0.4) is 0 Å². The highest BCUT2D eigenvalue weighted by Crippen LogP contribution is 2.30. The Bertz CT molecular complexity index is 483. The van der Waals surface area contributed by atoms with Gasteiger partial charge in [-0.3, -0.25) is 4.79 Å². The molecule has 0 aliphatic heterocycles. The second kappa shape index (κ2) is 5.72. The molecule has 5 heteroatoms. The van der Waals surface area contributed by atoms with Crippen molar-refractivity contribution in [3.8, 4) is 0 Å². The van der Waals surface area contributed by atoms with Crippen LogP contribution in [-0.4, -0.2) is 16.9 Å². The molecule has 1 N–H and O–H groups in total. The van der Waals surface area contributed by atoms with Crippen molar-refractivity contribution >= 4 is 33.8 Å². The molecule has 0 bridgehead atoms. The summed E-state index contributed by atoms with van der Waals surface area (Å²) < 4.78 is 13.6. The van der Waals surface area contributed by atoms with E-state index in [0.29, 0.717) is 5.56 Å². The van der Waals surface area contributed by atoms with Gasteiger partial charge in [0.05, 0.1) is 0 Å². The van der Waals surface area contributed by atoms with Gasteiger partial charge in [0.1, 0.15) is 16.4 Å². The molecular weight excluding hydrogens is 291 g/mol. The van der Waals surface area contributed by atoms with Crippen LogP contribution in [0.1, 0.15) is 22.9 Å². The number of aliphatic carboxylic acids is 1. The number of carbonyl (C=O) groups excluding carboxylic acids is 1. The maximum absolute atomic E-state index is 13.6. The van der Waals surface area contributed by atoms with Crippen molar-refractivity contribution in [1.29, 1.82) is 0 Å². The molecule has 0 aliphatic rings. The third-order valence-corrected chi connectivity index (χ3v) is 3.21. The van der Waals surface area contributed by atoms with Crippen molar-refractivity contribution < 1.29 is 19.1 Å². The third-order valence-electron chi connectivity index (χ3n) is 2.10. The molecular formula is C12H10BrFO3. The number of hydrogen-bond donors (Lipinski definition) is 1. The molecule has 1 rings (SSSR count). The van der Waals surface area contributed by atoms with E-state index in [1.54, 1.807) is 6.07 Å². The summed E-state index contributed by atoms with van der Waals surface area (Å²) in [6, 6.07) is 4.24. The molecule has 0 heterocycles. The molecule has 1 atom stereocenters. The molecule has 17 heavy (non-hydrogen) atoms. The average Bonchev–Trinajstić information content (AvgIpc) is 2.25. The van der Waals surface area contributed by atoms with Crippen LogP contribution in [0.5, 0.6) is 0 Å². The van der Waals surface area contributed by atoms with E-state index in [2.05, 4.69) is 15.9 Å². The second-order valence-corrected chi connectivity index (χ2v) is 4.30. The number of carboxylic acids is 1. The quantitative estimate of drug-likeness (QED) is 0.687. The van der Waals surface area contributed by atoms with E-state index in [1.165, 1.54) is 25.1 Å². The second-order valence-electron chi connectivity index (χ2n) is 3.39. The summed E-state index contributed by atoms with van der Waals surface area (Å²) in [5.74, 6) is -1.93. The Labute approximate surface area is 106 Å². The summed E-state index contributed by atoms with van der Waals surface area (Å²) in [7, 11) is 0. The summed E-state index contributed by atoms with van der Waals surface area (Å²) in [5, 5.41) is 8.52. The number of carbonyl (C=O) groups is 2. The van der Waals surface area contributed by atoms with Gasteiger partial charge in [-0.15, -0.1) is 0 Å². The minimum Gasteiger partial charge on any atom is -0.478 e. The van der Waals surface area contributed by atoms with Gasteiger partial charge in [-0.1, -0.05) is 28.1 Å². The highest BCUT2D eigenvalue weighted by Gasteiger charge is 2.19. The number of Topliss-reactive ketones (excluding diaryl/α,β-unsaturated/α-hetero) is 1. The lowest BCUT2D eigenvalue weighted by Gasteiger charge is -2.11. The van der Waals surface area contributed by atoms with E-state index in [-0.39, 0.29) is 11.3 Å². The fourth-order valence-electron chi connectivity index (χ4n) is 1.33. The van der Waals surface area contributed by atoms with Gasteiger partial charge in [0.25, 0.3) is 0 Å². The first-order valence-corrected chi connectivity index (χ1v) is 5.69. The topological polar surface area (TPSA) is 54.4 Å². The number of ketones is 1. The number of halogens is 2. The first-order valence-electron chi connectivity index (χ1n) is 4.77. The van der Waals surface area contributed by atoms with Gasteiger partial charge in [0.2, 0.25) is 0 Å². The van der Waals surface area contributed by atoms with Gasteiger partial charge >= 0.3 is 5.97 Å². The zero-order valence-electron chi connectivity index (χ0n) is 8.98. The normalized spacial score (nSPS) is 12.6. The Morgan fingerprint density at radius 3 is 2.65 bits per heavy atom. The van der Waals surface area contributed by atoms with Gasteiger partial charge in [-0.2, -0.15) is 0 Å². The van der Waals surface area contributed by atoms with Gasteiger partial charge in [0.15, 0.2) is 0 Å². The number of rotatable bonds is 4. The summed E-state index contributed by atoms with van der Waals surface area (Å²) in [4.78, 5) is 20.9. The van der Waals surface area contributed by atoms with Crippen molar-refractivity contribution in [1.82, 2.24) is 0 Å². The van der Waals surface area contributed by atoms with E-state index in [1.807, 2.05) is 0 Å². The third kappa shape index (κ3) is 3.49. The maximum Gasteiger partial charge on any atom is 0.328 e. The smallest absolute Gasteiger partial charge is 0.328 e. The molecule has 0 aliphatic carbocycles. The SMILES string of the molecule is CC(=O)C(Br)c1c(F)cccc1C=CC(=O)O. The van der Waals surface area contributed by atoms with Crippen molar-refractivity contribution in [3.05, 3.63) is 41.2 Å². The van der Waals surface area contributed by atoms with Crippen molar-refractivity contribution in [3.63, 3.8) is 0 Å². The molecule has 0 fully saturated rings. The number of carboxylic acid groups (broad SMARTS) is 1. The summed E-state index contributed by atoms with van der Waals surface area (Å²) in [5.41, 5.74) is 0.516. The summed E-state index contributed by atoms with van der Waals surface area (Å²) >= 11 is 3.09. The van der Waals surface area contributed by atoms with E-state index >= 15 is 0 Å². The lowest BCUT2D eigenvalue weighted by Crippen LogP contribution is -2.06. The Kier molecular flexibility index (Phi) is 4.57. The Morgan fingerprint density at radius 2 is 2.12 bits per heavy atom. The van der Waals surface area contributed by atoms with Crippen LogP contribution >= 0.6 is 15.9 Å². The van der Waals surface area contributed by atoms with Crippen molar-refractivity contribution in [2.75, 3.05) is 0 Å². The first-order chi connectivity index (χ1) is 7.93. The number of benzene rings is 1. The lowest BCUT2D eigenvalue weighted by atomic mass is 10.0. The van der Waals surface area contributed by atoms with E-state index in [9.17, 15) is 14.0 Å². The predicted octanol–water partition coefficient (Wildman–Crippen LogP) is 2.95. The van der Waals surface area contributed by atoms with E-state index < -0.39 is 16.6 Å². The Hall–Kier alpha value is -1.49. The Morgan fingerprint density at radius 1 is 1.47 bits per heavy atom. The molecule has 3 nitrogen and oxygen atoms in total. The molecule has 0 saturated heterocycles. The van der Waals surface area contributed by atoms with Crippen LogP contribution in [0.25, 0.3) is 6.08 Å². The van der Waals surface area contributed by atoms with Crippen LogP contribution in [0.4, 0.5) is 4.39 Å². The van der Waals surface area contributed by atoms with Gasteiger partial charge < -0.3 is 5.11 Å². The van der Waals surface area contributed by atoms with Crippen LogP contribution in [0, 0.1) is 5.82 Å². The van der Waals surface area contributed by atoms with Gasteiger partial charge in [0, 0.05) is 11.6 Å². The van der Waals surface area contributed by atoms with Crippen LogP contribution in [0.15, 0.2) is 24.3 Å². The fourth-order valence-corrected chi connectivity index (χ4v) is 1.81. The highest BCUT2D eigenvalue weighted by atomic mass is 79.9. The molecule has 1 unspecified atom stereocenters. The molecule has 0 saturated carbocycles. The average molecular weight is 301 g/mol. The van der Waals surface area contributed by atoms with E-state index in [0.717, 1.165) is 6.08 Å². The molecule has 1 aromatic carbocycles. The number of hydrogen-bond acceptors (Lipinski definition) is 2. The monoisotopic (exact) mass is 300 g/mol. The fraction of sp³-hybridized carbons (Fsp3) is 0.167. The zero-order valence-corrected chi connectivity index (χ0v) is 10.6. The van der Waals surface area contributed by atoms with Crippen LogP contribution in [-0.2, 0) is 9.59 Å². The summed E-state index contributed by atoms with van der Waals surface area (Å²) in [6.07, 6.45) is 2.16. The largest absolute Gasteiger partial charge is 0.478 e. The van der Waals surface area contributed by atoms with Crippen molar-refractivity contribution in [2.45, 2.75) is 11.8 Å². The molecule has 0 spiro atoms. The molecule has 0 aromatic heterocycles. The number of alkyl halides is 1. The highest BCUT2D eigenvalue weighted by molar-refractivity contribution is 9.09. The molecule has 90 valence electrons. The molecule has 0 radical (unpaired) electrons. The molecule has 0 amide bonds. The Balaban J connectivity index is 3.26. The maximum atomic E-state index is 13.6. The van der Waals surface area contributed by atoms with Gasteiger partial charge in [-0.05, 0) is 24.6 Å². The minimum absolute atomic E-state index is 0.150. The standard InChI is InChI=1S/C12H10BrFO3/c1-7(15)12(13)11-8(5-6-10(16)17)3-2-4-9(11)14/h2-6,12H,1H3,(H,16,17). The predicted molar refractivity (Wildman–Crippen MR) is 65.4 cm³/mol. The van der Waals surface area contributed by atoms with Gasteiger partial charge in [-0.25, -0.2) is 9.18 Å². The lowest BCUT2D eigenvalue weighted by molar-refractivity contribution is -0.131. The summed E-state index contributed by atoms with van der Waals surface area (Å²) in [6.45, 7) is 1.33.